The molecule has 30 heavy (non-hydrogen) atoms. The Balaban J connectivity index is 1.51. The second-order valence-corrected chi connectivity index (χ2v) is 11.7. The van der Waals surface area contributed by atoms with Crippen LogP contribution >= 0.6 is 11.3 Å². The standard InChI is InChI=1S/C23H41N5OS/c1-17(26-11-13-27(14-12-26)20(29)22(2,3)4)19-16-30-21(25-19)24-15-18-9-8-10-28(18)23(5,6)7/h16-18H,8-15H2,1-7H3,(H,24,25)/t17-,18-/m0/s1. The smallest absolute Gasteiger partial charge is 0.228 e. The van der Waals surface area contributed by atoms with Gasteiger partial charge in [-0.2, -0.15) is 0 Å². The maximum atomic E-state index is 12.5. The van der Waals surface area contributed by atoms with Crippen LogP contribution in [0.3, 0.4) is 0 Å². The van der Waals surface area contributed by atoms with Crippen molar-refractivity contribution >= 4 is 22.4 Å². The third-order valence-corrected chi connectivity index (χ3v) is 7.29. The summed E-state index contributed by atoms with van der Waals surface area (Å²) in [5.41, 5.74) is 1.06. The average molecular weight is 436 g/mol. The molecule has 0 unspecified atom stereocenters. The first-order chi connectivity index (χ1) is 14.0. The molecule has 2 aliphatic rings. The topological polar surface area (TPSA) is 51.7 Å². The Bertz CT molecular complexity index is 712. The average Bonchev–Trinajstić information content (AvgIpc) is 3.33. The van der Waals surface area contributed by atoms with Crippen molar-refractivity contribution in [3.63, 3.8) is 0 Å². The number of rotatable bonds is 5. The zero-order valence-electron chi connectivity index (χ0n) is 20.0. The number of carbonyl (C=O) groups excluding carboxylic acids is 1. The van der Waals surface area contributed by atoms with Gasteiger partial charge in [0, 0.05) is 55.1 Å². The van der Waals surface area contributed by atoms with Crippen molar-refractivity contribution in [3.05, 3.63) is 11.1 Å². The van der Waals surface area contributed by atoms with E-state index in [9.17, 15) is 4.79 Å². The number of hydrogen-bond acceptors (Lipinski definition) is 6. The minimum atomic E-state index is -0.300. The second-order valence-electron chi connectivity index (χ2n) is 10.9. The van der Waals surface area contributed by atoms with Gasteiger partial charge in [-0.15, -0.1) is 11.3 Å². The Morgan fingerprint density at radius 1 is 1.17 bits per heavy atom. The van der Waals surface area contributed by atoms with Crippen LogP contribution in [0.4, 0.5) is 5.13 Å². The van der Waals surface area contributed by atoms with Crippen molar-refractivity contribution in [2.24, 2.45) is 5.41 Å². The highest BCUT2D eigenvalue weighted by Crippen LogP contribution is 2.29. The molecule has 0 aromatic carbocycles. The fourth-order valence-electron chi connectivity index (χ4n) is 4.67. The van der Waals surface area contributed by atoms with Crippen LogP contribution in [0.1, 0.15) is 73.0 Å². The molecule has 3 rings (SSSR count). The Kier molecular flexibility index (Phi) is 7.15. The first-order valence-electron chi connectivity index (χ1n) is 11.5. The lowest BCUT2D eigenvalue weighted by molar-refractivity contribution is -0.141. The van der Waals surface area contributed by atoms with E-state index in [1.807, 2.05) is 25.7 Å². The third-order valence-electron chi connectivity index (χ3n) is 6.47. The molecule has 2 aliphatic heterocycles. The van der Waals surface area contributed by atoms with Gasteiger partial charge < -0.3 is 10.2 Å². The van der Waals surface area contributed by atoms with Crippen molar-refractivity contribution in [1.29, 1.82) is 0 Å². The number of nitrogens with one attached hydrogen (secondary N) is 1. The van der Waals surface area contributed by atoms with E-state index in [0.717, 1.165) is 43.5 Å². The molecule has 1 amide bonds. The maximum Gasteiger partial charge on any atom is 0.228 e. The lowest BCUT2D eigenvalue weighted by atomic mass is 9.94. The summed E-state index contributed by atoms with van der Waals surface area (Å²) < 4.78 is 0. The summed E-state index contributed by atoms with van der Waals surface area (Å²) in [6.07, 6.45) is 2.55. The van der Waals surface area contributed by atoms with Crippen LogP contribution in [-0.2, 0) is 4.79 Å². The van der Waals surface area contributed by atoms with Gasteiger partial charge >= 0.3 is 0 Å². The van der Waals surface area contributed by atoms with Crippen molar-refractivity contribution in [1.82, 2.24) is 19.7 Å². The third kappa shape index (κ3) is 5.54. The highest BCUT2D eigenvalue weighted by molar-refractivity contribution is 7.13. The fraction of sp³-hybridized carbons (Fsp3) is 0.826. The zero-order valence-corrected chi connectivity index (χ0v) is 20.8. The second kappa shape index (κ2) is 9.13. The van der Waals surface area contributed by atoms with Gasteiger partial charge in [-0.1, -0.05) is 20.8 Å². The molecule has 1 aromatic heterocycles. The number of likely N-dealkylation sites (tertiary alicyclic amines) is 1. The lowest BCUT2D eigenvalue weighted by Gasteiger charge is -2.39. The molecule has 170 valence electrons. The van der Waals surface area contributed by atoms with E-state index in [-0.39, 0.29) is 22.9 Å². The van der Waals surface area contributed by atoms with Crippen LogP contribution in [0.5, 0.6) is 0 Å². The number of carbonyl (C=O) groups is 1. The van der Waals surface area contributed by atoms with Crippen LogP contribution in [0.2, 0.25) is 0 Å². The van der Waals surface area contributed by atoms with Gasteiger partial charge in [0.1, 0.15) is 0 Å². The Labute approximate surface area is 187 Å². The molecule has 6 nitrogen and oxygen atoms in total. The Morgan fingerprint density at radius 2 is 1.83 bits per heavy atom. The van der Waals surface area contributed by atoms with Crippen molar-refractivity contribution in [2.75, 3.05) is 44.6 Å². The molecule has 0 saturated carbocycles. The van der Waals surface area contributed by atoms with Crippen LogP contribution in [0, 0.1) is 5.41 Å². The Morgan fingerprint density at radius 3 is 2.43 bits per heavy atom. The number of piperazine rings is 1. The molecular weight excluding hydrogens is 394 g/mol. The van der Waals surface area contributed by atoms with E-state index in [0.29, 0.717) is 6.04 Å². The highest BCUT2D eigenvalue weighted by Gasteiger charge is 2.33. The predicted molar refractivity (Wildman–Crippen MR) is 126 cm³/mol. The quantitative estimate of drug-likeness (QED) is 0.756. The van der Waals surface area contributed by atoms with Gasteiger partial charge in [-0.05, 0) is 47.1 Å². The molecule has 2 atom stereocenters. The molecule has 2 saturated heterocycles. The summed E-state index contributed by atoms with van der Waals surface area (Å²) in [5, 5.41) is 6.82. The van der Waals surface area contributed by atoms with Crippen LogP contribution < -0.4 is 5.32 Å². The first-order valence-corrected chi connectivity index (χ1v) is 12.3. The molecule has 0 radical (unpaired) electrons. The molecule has 3 heterocycles. The van der Waals surface area contributed by atoms with Gasteiger partial charge in [0.05, 0.1) is 11.7 Å². The summed E-state index contributed by atoms with van der Waals surface area (Å²) in [7, 11) is 0. The molecule has 0 bridgehead atoms. The number of amides is 1. The summed E-state index contributed by atoms with van der Waals surface area (Å²) in [6, 6.07) is 0.865. The van der Waals surface area contributed by atoms with Crippen LogP contribution in [0.25, 0.3) is 0 Å². The predicted octanol–water partition coefficient (Wildman–Crippen LogP) is 4.07. The summed E-state index contributed by atoms with van der Waals surface area (Å²) in [6.45, 7) is 20.7. The van der Waals surface area contributed by atoms with E-state index in [1.54, 1.807) is 11.3 Å². The minimum Gasteiger partial charge on any atom is -0.360 e. The van der Waals surface area contributed by atoms with E-state index in [1.165, 1.54) is 19.4 Å². The van der Waals surface area contributed by atoms with Gasteiger partial charge in [0.15, 0.2) is 5.13 Å². The maximum absolute atomic E-state index is 12.5. The van der Waals surface area contributed by atoms with E-state index < -0.39 is 0 Å². The van der Waals surface area contributed by atoms with Crippen molar-refractivity contribution < 1.29 is 4.79 Å². The van der Waals surface area contributed by atoms with Gasteiger partial charge in [0.25, 0.3) is 0 Å². The lowest BCUT2D eigenvalue weighted by Crippen LogP contribution is -2.52. The van der Waals surface area contributed by atoms with Crippen molar-refractivity contribution in [3.8, 4) is 0 Å². The fourth-order valence-corrected chi connectivity index (χ4v) is 5.48. The first kappa shape index (κ1) is 23.5. The zero-order chi connectivity index (χ0) is 22.1. The SMILES string of the molecule is C[C@@H](c1csc(NC[C@@H]2CCCN2C(C)(C)C)n1)N1CCN(C(=O)C(C)(C)C)CC1. The minimum absolute atomic E-state index is 0.224. The summed E-state index contributed by atoms with van der Waals surface area (Å²) in [5.74, 6) is 0.256. The van der Waals surface area contributed by atoms with Crippen LogP contribution in [0.15, 0.2) is 5.38 Å². The summed E-state index contributed by atoms with van der Waals surface area (Å²) >= 11 is 1.71. The highest BCUT2D eigenvalue weighted by atomic mass is 32.1. The molecule has 0 aliphatic carbocycles. The number of hydrogen-bond donors (Lipinski definition) is 1. The molecule has 2 fully saturated rings. The molecule has 1 aromatic rings. The van der Waals surface area contributed by atoms with Gasteiger partial charge in [-0.25, -0.2) is 4.98 Å². The van der Waals surface area contributed by atoms with Crippen molar-refractivity contribution in [2.45, 2.75) is 78.9 Å². The normalized spacial score (nSPS) is 23.0. The number of aromatic nitrogens is 1. The number of thiazole rings is 1. The van der Waals surface area contributed by atoms with E-state index >= 15 is 0 Å². The van der Waals surface area contributed by atoms with Gasteiger partial charge in [0.2, 0.25) is 5.91 Å². The monoisotopic (exact) mass is 435 g/mol. The van der Waals surface area contributed by atoms with E-state index in [4.69, 9.17) is 4.98 Å². The van der Waals surface area contributed by atoms with Crippen LogP contribution in [-0.4, -0.2) is 76.4 Å². The number of nitrogens with zero attached hydrogens (tertiary/aromatic N) is 4. The molecule has 1 N–H and O–H groups in total. The Hall–Kier alpha value is -1.18. The number of anilines is 1. The molecular formula is C23H41N5OS. The molecule has 7 heteroatoms. The largest absolute Gasteiger partial charge is 0.360 e. The van der Waals surface area contributed by atoms with Gasteiger partial charge in [-0.3, -0.25) is 14.6 Å². The molecule has 0 spiro atoms. The summed E-state index contributed by atoms with van der Waals surface area (Å²) in [4.78, 5) is 24.5. The van der Waals surface area contributed by atoms with E-state index in [2.05, 4.69) is 48.2 Å².